The Hall–Kier alpha value is -3.52. The van der Waals surface area contributed by atoms with Gasteiger partial charge in [0.15, 0.2) is 11.5 Å². The summed E-state index contributed by atoms with van der Waals surface area (Å²) in [6.45, 7) is 7.38. The highest BCUT2D eigenvalue weighted by Crippen LogP contribution is 2.42. The normalized spacial score (nSPS) is 17.2. The smallest absolute Gasteiger partial charge is 0.295 e. The Balaban J connectivity index is 2.19. The summed E-state index contributed by atoms with van der Waals surface area (Å²) in [6.07, 6.45) is 0. The number of hydrogen-bond donors (Lipinski definition) is 1. The van der Waals surface area contributed by atoms with Crippen LogP contribution in [0.5, 0.6) is 17.2 Å². The Kier molecular flexibility index (Phi) is 8.40. The molecule has 0 radical (unpaired) electrons. The van der Waals surface area contributed by atoms with Gasteiger partial charge in [0, 0.05) is 18.7 Å². The number of amides is 1. The summed E-state index contributed by atoms with van der Waals surface area (Å²) < 4.78 is 16.8. The zero-order valence-corrected chi connectivity index (χ0v) is 21.3. The fraction of sp³-hybridized carbons (Fsp3) is 0.407. The molecule has 1 saturated heterocycles. The van der Waals surface area contributed by atoms with E-state index in [0.29, 0.717) is 54.7 Å². The number of ether oxygens (including phenoxy) is 3. The summed E-state index contributed by atoms with van der Waals surface area (Å²) in [5, 5.41) is 11.3. The van der Waals surface area contributed by atoms with Gasteiger partial charge in [-0.1, -0.05) is 6.07 Å². The van der Waals surface area contributed by atoms with Crippen LogP contribution in [-0.4, -0.2) is 74.1 Å². The van der Waals surface area contributed by atoms with Gasteiger partial charge in [0.1, 0.15) is 11.5 Å². The molecule has 1 aliphatic rings. The number of likely N-dealkylation sites (tertiary alicyclic amines) is 1. The lowest BCUT2D eigenvalue weighted by molar-refractivity contribution is -0.140. The molecule has 1 N–H and O–H groups in total. The first-order valence-corrected chi connectivity index (χ1v) is 11.7. The predicted molar refractivity (Wildman–Crippen MR) is 134 cm³/mol. The Morgan fingerprint density at radius 3 is 2.26 bits per heavy atom. The van der Waals surface area contributed by atoms with Crippen LogP contribution in [0.25, 0.3) is 5.76 Å². The molecule has 3 rings (SSSR count). The number of hydrogen-bond acceptors (Lipinski definition) is 7. The van der Waals surface area contributed by atoms with Crippen LogP contribution in [0, 0.1) is 6.92 Å². The third-order valence-electron chi connectivity index (χ3n) is 5.88. The van der Waals surface area contributed by atoms with Gasteiger partial charge in [-0.3, -0.25) is 9.59 Å². The van der Waals surface area contributed by atoms with E-state index in [-0.39, 0.29) is 11.3 Å². The maximum Gasteiger partial charge on any atom is 0.295 e. The molecule has 0 aromatic heterocycles. The molecule has 1 aliphatic heterocycles. The van der Waals surface area contributed by atoms with Crippen molar-refractivity contribution in [2.45, 2.75) is 26.8 Å². The Labute approximate surface area is 206 Å². The van der Waals surface area contributed by atoms with Gasteiger partial charge in [-0.25, -0.2) is 0 Å². The first-order chi connectivity index (χ1) is 16.7. The molecule has 0 aliphatic carbocycles. The zero-order chi connectivity index (χ0) is 25.7. The first-order valence-electron chi connectivity index (χ1n) is 11.7. The molecule has 0 saturated carbocycles. The summed E-state index contributed by atoms with van der Waals surface area (Å²) in [5.41, 5.74) is 1.94. The molecule has 1 heterocycles. The lowest BCUT2D eigenvalue weighted by Crippen LogP contribution is -2.35. The number of likely N-dealkylation sites (N-methyl/N-ethyl adjacent to an activating group) is 1. The van der Waals surface area contributed by atoms with Crippen molar-refractivity contribution >= 4 is 17.4 Å². The molecule has 188 valence electrons. The van der Waals surface area contributed by atoms with E-state index in [2.05, 4.69) is 0 Å². The van der Waals surface area contributed by atoms with Gasteiger partial charge < -0.3 is 29.1 Å². The minimum Gasteiger partial charge on any atom is -0.507 e. The summed E-state index contributed by atoms with van der Waals surface area (Å²) in [6, 6.07) is 9.73. The molecule has 1 unspecified atom stereocenters. The van der Waals surface area contributed by atoms with Gasteiger partial charge in [-0.05, 0) is 76.3 Å². The average molecular weight is 483 g/mol. The molecule has 8 heteroatoms. The largest absolute Gasteiger partial charge is 0.507 e. The van der Waals surface area contributed by atoms with E-state index in [0.717, 1.165) is 5.56 Å². The van der Waals surface area contributed by atoms with Crippen molar-refractivity contribution in [3.63, 3.8) is 0 Å². The first kappa shape index (κ1) is 26.1. The second-order valence-corrected chi connectivity index (χ2v) is 8.55. The van der Waals surface area contributed by atoms with Gasteiger partial charge in [0.05, 0.1) is 31.9 Å². The van der Waals surface area contributed by atoms with E-state index >= 15 is 0 Å². The van der Waals surface area contributed by atoms with Crippen LogP contribution in [0.1, 0.15) is 36.6 Å². The average Bonchev–Trinajstić information content (AvgIpc) is 3.08. The number of Topliss-reactive ketones (excluding diaryl/α,β-unsaturated/α-hetero) is 1. The predicted octanol–water partition coefficient (Wildman–Crippen LogP) is 3.78. The molecule has 35 heavy (non-hydrogen) atoms. The Morgan fingerprint density at radius 2 is 1.66 bits per heavy atom. The number of benzene rings is 2. The maximum absolute atomic E-state index is 13.2. The van der Waals surface area contributed by atoms with E-state index in [1.807, 2.05) is 39.8 Å². The third kappa shape index (κ3) is 5.43. The van der Waals surface area contributed by atoms with Crippen molar-refractivity contribution < 1.29 is 28.9 Å². The van der Waals surface area contributed by atoms with E-state index in [1.165, 1.54) is 4.90 Å². The van der Waals surface area contributed by atoms with Crippen molar-refractivity contribution in [1.29, 1.82) is 0 Å². The van der Waals surface area contributed by atoms with E-state index in [9.17, 15) is 14.7 Å². The molecular weight excluding hydrogens is 448 g/mol. The minimum atomic E-state index is -0.771. The number of carbonyl (C=O) groups is 2. The molecule has 1 amide bonds. The van der Waals surface area contributed by atoms with Gasteiger partial charge in [0.25, 0.3) is 11.7 Å². The Bertz CT molecular complexity index is 1120. The fourth-order valence-electron chi connectivity index (χ4n) is 4.18. The molecule has 1 atom stereocenters. The van der Waals surface area contributed by atoms with Crippen molar-refractivity contribution in [3.8, 4) is 17.2 Å². The molecule has 0 spiro atoms. The van der Waals surface area contributed by atoms with E-state index in [4.69, 9.17) is 14.2 Å². The van der Waals surface area contributed by atoms with Gasteiger partial charge in [0.2, 0.25) is 0 Å². The van der Waals surface area contributed by atoms with Crippen molar-refractivity contribution in [3.05, 3.63) is 58.7 Å². The van der Waals surface area contributed by atoms with Crippen LogP contribution in [0.2, 0.25) is 0 Å². The number of carbonyl (C=O) groups excluding carboxylic acids is 2. The number of rotatable bonds is 10. The van der Waals surface area contributed by atoms with Crippen LogP contribution in [0.15, 0.2) is 42.0 Å². The number of nitrogens with zero attached hydrogens (tertiary/aromatic N) is 2. The quantitative estimate of drug-likeness (QED) is 0.313. The second-order valence-electron chi connectivity index (χ2n) is 8.55. The lowest BCUT2D eigenvalue weighted by atomic mass is 9.94. The second kappa shape index (κ2) is 11.3. The van der Waals surface area contributed by atoms with E-state index in [1.54, 1.807) is 43.5 Å². The highest BCUT2D eigenvalue weighted by Gasteiger charge is 2.46. The number of ketones is 1. The van der Waals surface area contributed by atoms with Gasteiger partial charge in [-0.15, -0.1) is 0 Å². The highest BCUT2D eigenvalue weighted by molar-refractivity contribution is 6.46. The van der Waals surface area contributed by atoms with Crippen LogP contribution in [0.3, 0.4) is 0 Å². The van der Waals surface area contributed by atoms with Crippen LogP contribution in [0.4, 0.5) is 0 Å². The number of aliphatic hydroxyl groups excluding tert-OH is 1. The summed E-state index contributed by atoms with van der Waals surface area (Å²) >= 11 is 0. The summed E-state index contributed by atoms with van der Waals surface area (Å²) in [4.78, 5) is 29.8. The Morgan fingerprint density at radius 1 is 1.00 bits per heavy atom. The monoisotopic (exact) mass is 482 g/mol. The van der Waals surface area contributed by atoms with Crippen molar-refractivity contribution in [2.75, 3.05) is 47.5 Å². The van der Waals surface area contributed by atoms with Crippen LogP contribution < -0.4 is 14.2 Å². The molecule has 8 nitrogen and oxygen atoms in total. The molecule has 2 aromatic rings. The third-order valence-corrected chi connectivity index (χ3v) is 5.88. The van der Waals surface area contributed by atoms with Gasteiger partial charge in [-0.2, -0.15) is 0 Å². The maximum atomic E-state index is 13.2. The van der Waals surface area contributed by atoms with Crippen LogP contribution in [-0.2, 0) is 9.59 Å². The van der Waals surface area contributed by atoms with Crippen molar-refractivity contribution in [2.24, 2.45) is 0 Å². The fourth-order valence-corrected chi connectivity index (χ4v) is 4.18. The molecule has 0 bridgehead atoms. The highest BCUT2D eigenvalue weighted by atomic mass is 16.5. The zero-order valence-electron chi connectivity index (χ0n) is 21.3. The van der Waals surface area contributed by atoms with Gasteiger partial charge >= 0.3 is 0 Å². The molecular formula is C27H34N2O6. The minimum absolute atomic E-state index is 0.0462. The standard InChI is InChI=1S/C27H34N2O6/c1-7-34-21-12-9-18(16-22(21)35-8-2)24-23(26(31)27(32)29(24)14-13-28(4)5)25(30)19-10-11-20(33-6)17(3)15-19/h9-12,15-16,24,30H,7-8,13-14H2,1-6H3/b25-23-. The van der Waals surface area contributed by atoms with Crippen molar-refractivity contribution in [1.82, 2.24) is 9.80 Å². The number of methoxy groups -OCH3 is 1. The topological polar surface area (TPSA) is 88.5 Å². The number of aryl methyl sites for hydroxylation is 1. The molecule has 1 fully saturated rings. The summed E-state index contributed by atoms with van der Waals surface area (Å²) in [7, 11) is 5.37. The number of aliphatic hydroxyl groups is 1. The lowest BCUT2D eigenvalue weighted by Gasteiger charge is -2.27. The van der Waals surface area contributed by atoms with E-state index < -0.39 is 17.7 Å². The SMILES string of the molecule is CCOc1ccc(C2/C(=C(/O)c3ccc(OC)c(C)c3)C(=O)C(=O)N2CCN(C)C)cc1OCC. The molecule has 2 aromatic carbocycles. The summed E-state index contributed by atoms with van der Waals surface area (Å²) in [5.74, 6) is 0.178. The van der Waals surface area contributed by atoms with Crippen LogP contribution >= 0.6 is 0 Å².